The SMILES string of the molecule is CC(=O)OC[C@H]1O[C@@H](NC(=O)CC(=O)O)[C@H](OC(C)=O)[C@@H](OC(C)=O)[C@H]1OC(C)=O. The van der Waals surface area contributed by atoms with Crippen LogP contribution in [0.5, 0.6) is 0 Å². The standard InChI is InChI=1S/C17H23NO12/c1-7(19)26-6-11-14(27-8(2)20)15(28-9(3)21)16(29-10(4)22)17(30-11)18-12(23)5-13(24)25/h11,14-17H,5-6H2,1-4H3,(H,18,23)(H,24,25)/t11-,14+,15+,16-,17-/m1/s1. The molecule has 0 aromatic heterocycles. The quantitative estimate of drug-likeness (QED) is 0.262. The molecule has 0 spiro atoms. The summed E-state index contributed by atoms with van der Waals surface area (Å²) in [6, 6.07) is 0. The largest absolute Gasteiger partial charge is 0.481 e. The number of nitrogens with one attached hydrogen (secondary N) is 1. The van der Waals surface area contributed by atoms with Gasteiger partial charge in [-0.25, -0.2) is 0 Å². The van der Waals surface area contributed by atoms with E-state index >= 15 is 0 Å². The van der Waals surface area contributed by atoms with Crippen LogP contribution >= 0.6 is 0 Å². The number of ether oxygens (including phenoxy) is 5. The van der Waals surface area contributed by atoms with Crippen LogP contribution in [0.25, 0.3) is 0 Å². The smallest absolute Gasteiger partial charge is 0.312 e. The highest BCUT2D eigenvalue weighted by atomic mass is 16.7. The number of carboxylic acids is 1. The van der Waals surface area contributed by atoms with E-state index in [1.54, 1.807) is 0 Å². The van der Waals surface area contributed by atoms with Crippen LogP contribution in [0.4, 0.5) is 0 Å². The zero-order valence-corrected chi connectivity index (χ0v) is 16.7. The summed E-state index contributed by atoms with van der Waals surface area (Å²) in [5, 5.41) is 11.0. The third-order valence-corrected chi connectivity index (χ3v) is 3.61. The first-order valence-corrected chi connectivity index (χ1v) is 8.72. The van der Waals surface area contributed by atoms with Crippen LogP contribution in [-0.4, -0.2) is 78.1 Å². The number of esters is 4. The molecule has 1 rings (SSSR count). The molecule has 0 aromatic rings. The van der Waals surface area contributed by atoms with E-state index in [9.17, 15) is 28.8 Å². The number of hydrogen-bond acceptors (Lipinski definition) is 11. The third-order valence-electron chi connectivity index (χ3n) is 3.61. The van der Waals surface area contributed by atoms with E-state index in [1.165, 1.54) is 0 Å². The Morgan fingerprint density at radius 3 is 1.77 bits per heavy atom. The summed E-state index contributed by atoms with van der Waals surface area (Å²) in [6.45, 7) is 3.79. The Bertz CT molecular complexity index is 705. The molecule has 0 saturated carbocycles. The fraction of sp³-hybridized carbons (Fsp3) is 0.647. The van der Waals surface area contributed by atoms with Gasteiger partial charge in [0.15, 0.2) is 24.5 Å². The van der Waals surface area contributed by atoms with Gasteiger partial charge in [-0.05, 0) is 0 Å². The predicted octanol–water partition coefficient (Wildman–Crippen LogP) is -1.34. The van der Waals surface area contributed by atoms with Crippen LogP contribution in [0.1, 0.15) is 34.1 Å². The van der Waals surface area contributed by atoms with Crippen LogP contribution in [-0.2, 0) is 52.5 Å². The van der Waals surface area contributed by atoms with Crippen LogP contribution in [0.15, 0.2) is 0 Å². The van der Waals surface area contributed by atoms with Crippen molar-refractivity contribution in [3.8, 4) is 0 Å². The first-order valence-electron chi connectivity index (χ1n) is 8.72. The van der Waals surface area contributed by atoms with Gasteiger partial charge in [-0.1, -0.05) is 0 Å². The minimum Gasteiger partial charge on any atom is -0.481 e. The third kappa shape index (κ3) is 8.03. The van der Waals surface area contributed by atoms with Gasteiger partial charge in [-0.3, -0.25) is 28.8 Å². The van der Waals surface area contributed by atoms with Crippen molar-refractivity contribution < 1.29 is 57.6 Å². The molecule has 5 atom stereocenters. The Balaban J connectivity index is 3.32. The Morgan fingerprint density at radius 1 is 0.800 bits per heavy atom. The molecular formula is C17H23NO12. The summed E-state index contributed by atoms with van der Waals surface area (Å²) >= 11 is 0. The van der Waals surface area contributed by atoms with Crippen molar-refractivity contribution in [1.82, 2.24) is 5.32 Å². The Labute approximate surface area is 170 Å². The molecule has 1 heterocycles. The lowest BCUT2D eigenvalue weighted by molar-refractivity contribution is -0.257. The number of carboxylic acid groups (broad SMARTS) is 1. The number of carbonyl (C=O) groups is 6. The average molecular weight is 433 g/mol. The molecule has 1 amide bonds. The Kier molecular flexibility index (Phi) is 9.17. The predicted molar refractivity (Wildman–Crippen MR) is 92.4 cm³/mol. The maximum atomic E-state index is 11.9. The monoisotopic (exact) mass is 433 g/mol. The van der Waals surface area contributed by atoms with Crippen molar-refractivity contribution in [1.29, 1.82) is 0 Å². The van der Waals surface area contributed by atoms with Crippen molar-refractivity contribution in [2.24, 2.45) is 0 Å². The van der Waals surface area contributed by atoms with Crippen molar-refractivity contribution in [2.45, 2.75) is 64.8 Å². The highest BCUT2D eigenvalue weighted by molar-refractivity contribution is 5.93. The van der Waals surface area contributed by atoms with Crippen molar-refractivity contribution in [3.63, 3.8) is 0 Å². The fourth-order valence-corrected chi connectivity index (χ4v) is 2.69. The molecule has 1 saturated heterocycles. The molecular weight excluding hydrogens is 410 g/mol. The summed E-state index contributed by atoms with van der Waals surface area (Å²) in [5.41, 5.74) is 0. The van der Waals surface area contributed by atoms with Gasteiger partial charge in [0.25, 0.3) is 0 Å². The molecule has 0 bridgehead atoms. The van der Waals surface area contributed by atoms with Crippen LogP contribution < -0.4 is 5.32 Å². The summed E-state index contributed by atoms with van der Waals surface area (Å²) in [5.74, 6) is -5.61. The number of hydrogen-bond donors (Lipinski definition) is 2. The van der Waals surface area contributed by atoms with Gasteiger partial charge in [-0.15, -0.1) is 0 Å². The van der Waals surface area contributed by atoms with E-state index in [0.29, 0.717) is 0 Å². The summed E-state index contributed by atoms with van der Waals surface area (Å²) in [7, 11) is 0. The minimum atomic E-state index is -1.50. The molecule has 13 heteroatoms. The van der Waals surface area contributed by atoms with Gasteiger partial charge in [0, 0.05) is 27.7 Å². The first kappa shape index (κ1) is 24.8. The van der Waals surface area contributed by atoms with Gasteiger partial charge in [0.1, 0.15) is 19.1 Å². The lowest BCUT2D eigenvalue weighted by atomic mass is 9.97. The number of carbonyl (C=O) groups excluding carboxylic acids is 5. The average Bonchev–Trinajstić information content (AvgIpc) is 2.56. The van der Waals surface area contributed by atoms with E-state index in [4.69, 9.17) is 28.8 Å². The fourth-order valence-electron chi connectivity index (χ4n) is 2.69. The lowest BCUT2D eigenvalue weighted by Gasteiger charge is -2.44. The molecule has 168 valence electrons. The van der Waals surface area contributed by atoms with Gasteiger partial charge >= 0.3 is 29.8 Å². The Morgan fingerprint density at radius 2 is 1.30 bits per heavy atom. The van der Waals surface area contributed by atoms with Crippen LogP contribution in [0, 0.1) is 0 Å². The topological polar surface area (TPSA) is 181 Å². The second-order valence-electron chi connectivity index (χ2n) is 6.26. The molecule has 0 unspecified atom stereocenters. The lowest BCUT2D eigenvalue weighted by Crippen LogP contribution is -2.66. The zero-order valence-electron chi connectivity index (χ0n) is 16.7. The van der Waals surface area contributed by atoms with E-state index in [-0.39, 0.29) is 0 Å². The van der Waals surface area contributed by atoms with E-state index in [1.807, 2.05) is 0 Å². The van der Waals surface area contributed by atoms with Crippen LogP contribution in [0.3, 0.4) is 0 Å². The maximum absolute atomic E-state index is 11.9. The molecule has 30 heavy (non-hydrogen) atoms. The van der Waals surface area contributed by atoms with Crippen molar-refractivity contribution in [2.75, 3.05) is 6.61 Å². The van der Waals surface area contributed by atoms with Gasteiger partial charge < -0.3 is 34.1 Å². The normalized spacial score (nSPS) is 25.4. The maximum Gasteiger partial charge on any atom is 0.312 e. The Hall–Kier alpha value is -3.22. The van der Waals surface area contributed by atoms with E-state index in [0.717, 1.165) is 27.7 Å². The number of aliphatic carboxylic acids is 1. The van der Waals surface area contributed by atoms with Gasteiger partial charge in [-0.2, -0.15) is 0 Å². The van der Waals surface area contributed by atoms with Crippen molar-refractivity contribution >= 4 is 35.8 Å². The molecule has 0 aromatic carbocycles. The summed E-state index contributed by atoms with van der Waals surface area (Å²) in [6.07, 6.45) is -8.00. The second kappa shape index (κ2) is 11.1. The molecule has 0 aliphatic carbocycles. The molecule has 13 nitrogen and oxygen atoms in total. The highest BCUT2D eigenvalue weighted by Crippen LogP contribution is 2.28. The van der Waals surface area contributed by atoms with E-state index < -0.39 is 79.4 Å². The van der Waals surface area contributed by atoms with Gasteiger partial charge in [0.05, 0.1) is 0 Å². The molecule has 1 aliphatic rings. The summed E-state index contributed by atoms with van der Waals surface area (Å²) in [4.78, 5) is 68.6. The molecule has 1 fully saturated rings. The summed E-state index contributed by atoms with van der Waals surface area (Å²) < 4.78 is 25.9. The molecule has 2 N–H and O–H groups in total. The first-order chi connectivity index (χ1) is 13.9. The number of amides is 1. The highest BCUT2D eigenvalue weighted by Gasteiger charge is 2.52. The minimum absolute atomic E-state index is 0.469. The van der Waals surface area contributed by atoms with Crippen molar-refractivity contribution in [3.05, 3.63) is 0 Å². The zero-order chi connectivity index (χ0) is 23.0. The van der Waals surface area contributed by atoms with Crippen LogP contribution in [0.2, 0.25) is 0 Å². The molecule has 0 radical (unpaired) electrons. The van der Waals surface area contributed by atoms with E-state index in [2.05, 4.69) is 5.32 Å². The second-order valence-corrected chi connectivity index (χ2v) is 6.26. The molecule has 1 aliphatic heterocycles. The van der Waals surface area contributed by atoms with Gasteiger partial charge in [0.2, 0.25) is 5.91 Å². The number of rotatable bonds is 8.